The van der Waals surface area contributed by atoms with E-state index in [1.807, 2.05) is 0 Å². The Bertz CT molecular complexity index is 156. The van der Waals surface area contributed by atoms with Gasteiger partial charge in [0, 0.05) is 5.54 Å². The average Bonchev–Trinajstić information content (AvgIpc) is 2.10. The first-order valence-electron chi connectivity index (χ1n) is 3.52. The summed E-state index contributed by atoms with van der Waals surface area (Å²) in [6.45, 7) is 4.20. The molecule has 2 nitrogen and oxygen atoms in total. The van der Waals surface area contributed by atoms with E-state index in [9.17, 15) is 4.79 Å². The number of carbonyl (C=O) groups excluding carboxylic acids is 1. The maximum atomic E-state index is 10.7. The fourth-order valence-electron chi connectivity index (χ4n) is 1.31. The van der Waals surface area contributed by atoms with Crippen molar-refractivity contribution in [3.8, 4) is 0 Å². The minimum Gasteiger partial charge on any atom is -0.302 e. The quantitative estimate of drug-likeness (QED) is 0.558. The highest BCUT2D eigenvalue weighted by molar-refractivity contribution is 7.96. The molecule has 1 saturated heterocycles. The molecule has 0 saturated carbocycles. The Morgan fingerprint density at radius 2 is 2.30 bits per heavy atom. The summed E-state index contributed by atoms with van der Waals surface area (Å²) in [5.74, 6) is 0. The molecule has 1 rings (SSSR count). The molecule has 58 valence electrons. The van der Waals surface area contributed by atoms with Gasteiger partial charge in [-0.25, -0.2) is 0 Å². The summed E-state index contributed by atoms with van der Waals surface area (Å²) in [5.41, 5.74) is 0.128. The van der Waals surface area contributed by atoms with Gasteiger partial charge < -0.3 is 5.32 Å². The third-order valence-electron chi connectivity index (χ3n) is 1.92. The van der Waals surface area contributed by atoms with E-state index in [1.54, 1.807) is 0 Å². The Kier molecular flexibility index (Phi) is 2.06. The molecule has 3 heteroatoms. The van der Waals surface area contributed by atoms with Crippen molar-refractivity contribution in [2.75, 3.05) is 0 Å². The molecule has 1 heterocycles. The van der Waals surface area contributed by atoms with E-state index in [0.29, 0.717) is 0 Å². The van der Waals surface area contributed by atoms with Crippen LogP contribution < -0.4 is 5.32 Å². The van der Waals surface area contributed by atoms with Gasteiger partial charge in [-0.1, -0.05) is 0 Å². The number of hydrogen-bond acceptors (Lipinski definition) is 2. The first-order chi connectivity index (χ1) is 4.51. The normalized spacial score (nSPS) is 30.5. The molecule has 0 bridgehead atoms. The molecule has 1 aliphatic rings. The Balaban J connectivity index is 2.51. The van der Waals surface area contributed by atoms with Crippen molar-refractivity contribution in [2.24, 2.45) is 0 Å². The fraction of sp³-hybridized carbons (Fsp3) is 0.857. The van der Waals surface area contributed by atoms with E-state index >= 15 is 0 Å². The van der Waals surface area contributed by atoms with Crippen molar-refractivity contribution < 1.29 is 4.79 Å². The van der Waals surface area contributed by atoms with Crippen molar-refractivity contribution in [1.29, 1.82) is 0 Å². The summed E-state index contributed by atoms with van der Waals surface area (Å²) in [6, 6.07) is -0.0154. The zero-order chi connectivity index (χ0) is 7.78. The smallest absolute Gasteiger partial charge is 0.202 e. The molecule has 0 aromatic carbocycles. The number of thiol groups is 1. The molecule has 0 aromatic heterocycles. The lowest BCUT2D eigenvalue weighted by Crippen LogP contribution is -2.39. The van der Waals surface area contributed by atoms with Gasteiger partial charge in [0.1, 0.15) is 0 Å². The van der Waals surface area contributed by atoms with Crippen LogP contribution in [0.25, 0.3) is 0 Å². The second-order valence-electron chi connectivity index (χ2n) is 3.46. The number of rotatable bonds is 1. The van der Waals surface area contributed by atoms with Crippen molar-refractivity contribution in [3.05, 3.63) is 0 Å². The van der Waals surface area contributed by atoms with Gasteiger partial charge in [0.25, 0.3) is 0 Å². The van der Waals surface area contributed by atoms with Crippen LogP contribution in [0, 0.1) is 0 Å². The van der Waals surface area contributed by atoms with E-state index in [1.165, 1.54) is 0 Å². The summed E-state index contributed by atoms with van der Waals surface area (Å²) in [7, 11) is 0. The summed E-state index contributed by atoms with van der Waals surface area (Å²) < 4.78 is 0. The predicted octanol–water partition coefficient (Wildman–Crippen LogP) is 0.973. The third-order valence-corrected chi connectivity index (χ3v) is 2.23. The summed E-state index contributed by atoms with van der Waals surface area (Å²) in [6.07, 6.45) is 1.99. The van der Waals surface area contributed by atoms with E-state index in [2.05, 4.69) is 31.8 Å². The van der Waals surface area contributed by atoms with Crippen LogP contribution in [-0.2, 0) is 4.79 Å². The zero-order valence-corrected chi connectivity index (χ0v) is 7.24. The van der Waals surface area contributed by atoms with E-state index < -0.39 is 0 Å². The largest absolute Gasteiger partial charge is 0.302 e. The highest BCUT2D eigenvalue weighted by atomic mass is 32.1. The molecule has 0 aliphatic carbocycles. The Morgan fingerprint density at radius 3 is 2.50 bits per heavy atom. The van der Waals surface area contributed by atoms with Crippen LogP contribution in [0.5, 0.6) is 0 Å². The molecular weight excluding hydrogens is 146 g/mol. The zero-order valence-electron chi connectivity index (χ0n) is 6.35. The monoisotopic (exact) mass is 159 g/mol. The van der Waals surface area contributed by atoms with E-state index in [-0.39, 0.29) is 16.7 Å². The molecule has 0 spiro atoms. The maximum Gasteiger partial charge on any atom is 0.202 e. The first kappa shape index (κ1) is 8.08. The summed E-state index contributed by atoms with van der Waals surface area (Å²) >= 11 is 3.77. The van der Waals surface area contributed by atoms with Crippen molar-refractivity contribution >= 4 is 17.7 Å². The highest BCUT2D eigenvalue weighted by Crippen LogP contribution is 2.22. The summed E-state index contributed by atoms with van der Waals surface area (Å²) in [5, 5.41) is 3.17. The van der Waals surface area contributed by atoms with Gasteiger partial charge in [-0.3, -0.25) is 4.79 Å². The van der Waals surface area contributed by atoms with Crippen LogP contribution in [-0.4, -0.2) is 16.7 Å². The second-order valence-corrected chi connectivity index (χ2v) is 3.90. The topological polar surface area (TPSA) is 29.1 Å². The molecule has 0 aromatic rings. The van der Waals surface area contributed by atoms with Gasteiger partial charge in [0.2, 0.25) is 5.12 Å². The van der Waals surface area contributed by atoms with Gasteiger partial charge in [0.15, 0.2) is 0 Å². The van der Waals surface area contributed by atoms with Gasteiger partial charge in [-0.15, -0.1) is 12.6 Å². The van der Waals surface area contributed by atoms with Crippen molar-refractivity contribution in [3.63, 3.8) is 0 Å². The van der Waals surface area contributed by atoms with Gasteiger partial charge >= 0.3 is 0 Å². The second kappa shape index (κ2) is 2.55. The minimum atomic E-state index is -0.0365. The molecule has 0 unspecified atom stereocenters. The molecule has 0 amide bonds. The van der Waals surface area contributed by atoms with Crippen LogP contribution in [0.2, 0.25) is 0 Å². The predicted molar refractivity (Wildman–Crippen MR) is 44.2 cm³/mol. The maximum absolute atomic E-state index is 10.7. The van der Waals surface area contributed by atoms with E-state index in [4.69, 9.17) is 0 Å². The van der Waals surface area contributed by atoms with Crippen molar-refractivity contribution in [1.82, 2.24) is 5.32 Å². The molecule has 1 aliphatic heterocycles. The summed E-state index contributed by atoms with van der Waals surface area (Å²) in [4.78, 5) is 10.7. The molecule has 0 radical (unpaired) electrons. The molecule has 10 heavy (non-hydrogen) atoms. The van der Waals surface area contributed by atoms with Crippen molar-refractivity contribution in [2.45, 2.75) is 38.3 Å². The van der Waals surface area contributed by atoms with Crippen LogP contribution in [0.1, 0.15) is 26.7 Å². The first-order valence-corrected chi connectivity index (χ1v) is 3.96. The third kappa shape index (κ3) is 1.73. The molecule has 1 fully saturated rings. The van der Waals surface area contributed by atoms with Gasteiger partial charge in [0.05, 0.1) is 6.04 Å². The van der Waals surface area contributed by atoms with Crippen LogP contribution in [0.3, 0.4) is 0 Å². The highest BCUT2D eigenvalue weighted by Gasteiger charge is 2.32. The number of hydrogen-bond donors (Lipinski definition) is 2. The minimum absolute atomic E-state index is 0.0154. The van der Waals surface area contributed by atoms with Gasteiger partial charge in [-0.2, -0.15) is 0 Å². The van der Waals surface area contributed by atoms with Crippen LogP contribution in [0.15, 0.2) is 0 Å². The lowest BCUT2D eigenvalue weighted by atomic mass is 10.0. The number of nitrogens with one attached hydrogen (secondary N) is 1. The Labute approximate surface area is 66.8 Å². The van der Waals surface area contributed by atoms with E-state index in [0.717, 1.165) is 12.8 Å². The molecule has 1 N–H and O–H groups in total. The molecular formula is C7H13NOS. The average molecular weight is 159 g/mol. The number of carbonyl (C=O) groups is 1. The molecule has 1 atom stereocenters. The Hall–Kier alpha value is -0.0200. The fourth-order valence-corrected chi connectivity index (χ4v) is 1.50. The lowest BCUT2D eigenvalue weighted by molar-refractivity contribution is -0.112. The standard InChI is InChI=1S/C7H13NOS/c1-7(2)4-3-5(8-7)6(9)10/h5,8H,3-4H2,1-2H3,(H,9,10)/t5-/m0/s1. The lowest BCUT2D eigenvalue weighted by Gasteiger charge is -2.18. The SMILES string of the molecule is CC1(C)CC[C@@H](C(=O)S)N1. The van der Waals surface area contributed by atoms with Crippen LogP contribution in [0.4, 0.5) is 0 Å². The van der Waals surface area contributed by atoms with Gasteiger partial charge in [-0.05, 0) is 26.7 Å². The Morgan fingerprint density at radius 1 is 1.70 bits per heavy atom. The van der Waals surface area contributed by atoms with Crippen LogP contribution >= 0.6 is 12.6 Å².